The summed E-state index contributed by atoms with van der Waals surface area (Å²) in [6.45, 7) is 1.83. The Morgan fingerprint density at radius 1 is 1.45 bits per heavy atom. The maximum Gasteiger partial charge on any atom is 0.235 e. The predicted molar refractivity (Wildman–Crippen MR) is 42.5 cm³/mol. The summed E-state index contributed by atoms with van der Waals surface area (Å²) in [4.78, 5) is 10.9. The molecule has 0 aromatic carbocycles. The largest absolute Gasteiger partial charge is 0.274 e. The van der Waals surface area contributed by atoms with E-state index in [1.54, 1.807) is 0 Å². The fourth-order valence-electron chi connectivity index (χ4n) is 0.556. The summed E-state index contributed by atoms with van der Waals surface area (Å²) in [5, 5.41) is 0. The summed E-state index contributed by atoms with van der Waals surface area (Å²) >= 11 is 0. The zero-order valence-corrected chi connectivity index (χ0v) is 7.81. The van der Waals surface area contributed by atoms with E-state index in [0.29, 0.717) is 6.42 Å². The number of hydrogen-bond donors (Lipinski definition) is 0. The number of rotatable bonds is 3. The third-order valence-electron chi connectivity index (χ3n) is 1.31. The van der Waals surface area contributed by atoms with Gasteiger partial charge in [0.05, 0.1) is 6.26 Å². The van der Waals surface area contributed by atoms with E-state index in [1.165, 1.54) is 7.05 Å². The van der Waals surface area contributed by atoms with Crippen molar-refractivity contribution in [3.63, 3.8) is 0 Å². The van der Waals surface area contributed by atoms with Gasteiger partial charge in [0.25, 0.3) is 0 Å². The number of nitrogens with zero attached hydrogens (tertiary/aromatic N) is 1. The van der Waals surface area contributed by atoms with Gasteiger partial charge in [-0.15, -0.1) is 0 Å². The number of sulfonamides is 1. The topological polar surface area (TPSA) is 54.5 Å². The average molecular weight is 179 g/mol. The Kier molecular flexibility index (Phi) is 3.51. The molecule has 0 saturated carbocycles. The van der Waals surface area contributed by atoms with Crippen molar-refractivity contribution in [2.45, 2.75) is 19.8 Å². The first kappa shape index (κ1) is 10.4. The van der Waals surface area contributed by atoms with Crippen LogP contribution in [0, 0.1) is 0 Å². The van der Waals surface area contributed by atoms with E-state index >= 15 is 0 Å². The van der Waals surface area contributed by atoms with Crippen LogP contribution in [-0.4, -0.2) is 31.9 Å². The molecule has 0 aliphatic carbocycles. The molecule has 1 amide bonds. The summed E-state index contributed by atoms with van der Waals surface area (Å²) in [6, 6.07) is 0. The van der Waals surface area contributed by atoms with Gasteiger partial charge in [0.15, 0.2) is 0 Å². The van der Waals surface area contributed by atoms with Gasteiger partial charge >= 0.3 is 0 Å². The standard InChI is InChI=1S/C6H13NO3S/c1-4-5-6(8)7(2)11(3,9)10/h4-5H2,1-3H3. The van der Waals surface area contributed by atoms with Crippen molar-refractivity contribution in [3.05, 3.63) is 0 Å². The highest BCUT2D eigenvalue weighted by Gasteiger charge is 2.16. The lowest BCUT2D eigenvalue weighted by atomic mass is 10.3. The van der Waals surface area contributed by atoms with E-state index in [2.05, 4.69) is 0 Å². The van der Waals surface area contributed by atoms with Crippen molar-refractivity contribution in [2.24, 2.45) is 0 Å². The SMILES string of the molecule is CCCC(=O)N(C)S(C)(=O)=O. The Bertz CT molecular complexity index is 232. The van der Waals surface area contributed by atoms with Crippen LogP contribution >= 0.6 is 0 Å². The lowest BCUT2D eigenvalue weighted by Crippen LogP contribution is -2.31. The molecule has 0 unspecified atom stereocenters. The monoisotopic (exact) mass is 179 g/mol. The molecule has 0 aromatic heterocycles. The minimum Gasteiger partial charge on any atom is -0.274 e. The maximum atomic E-state index is 10.9. The molecular formula is C6H13NO3S. The zero-order valence-electron chi connectivity index (χ0n) is 6.99. The van der Waals surface area contributed by atoms with Gasteiger partial charge in [-0.2, -0.15) is 0 Å². The summed E-state index contributed by atoms with van der Waals surface area (Å²) in [5.41, 5.74) is 0. The van der Waals surface area contributed by atoms with Gasteiger partial charge < -0.3 is 0 Å². The van der Waals surface area contributed by atoms with E-state index in [4.69, 9.17) is 0 Å². The Balaban J connectivity index is 4.27. The van der Waals surface area contributed by atoms with Crippen LogP contribution < -0.4 is 0 Å². The van der Waals surface area contributed by atoms with Gasteiger partial charge in [-0.3, -0.25) is 4.79 Å². The van der Waals surface area contributed by atoms with E-state index in [-0.39, 0.29) is 12.3 Å². The molecule has 0 heterocycles. The second-order valence-electron chi connectivity index (χ2n) is 2.37. The highest BCUT2D eigenvalue weighted by molar-refractivity contribution is 7.88. The molecule has 4 nitrogen and oxygen atoms in total. The van der Waals surface area contributed by atoms with Crippen molar-refractivity contribution >= 4 is 15.9 Å². The molecule has 0 fully saturated rings. The van der Waals surface area contributed by atoms with Crippen LogP contribution in [0.5, 0.6) is 0 Å². The van der Waals surface area contributed by atoms with Crippen molar-refractivity contribution in [1.29, 1.82) is 0 Å². The molecule has 0 saturated heterocycles. The highest BCUT2D eigenvalue weighted by atomic mass is 32.2. The molecule has 0 spiro atoms. The van der Waals surface area contributed by atoms with Gasteiger partial charge in [0.2, 0.25) is 15.9 Å². The van der Waals surface area contributed by atoms with E-state index in [9.17, 15) is 13.2 Å². The van der Waals surface area contributed by atoms with Crippen LogP contribution in [0.2, 0.25) is 0 Å². The third kappa shape index (κ3) is 3.36. The molecule has 66 valence electrons. The Hall–Kier alpha value is -0.580. The number of amides is 1. The molecule has 11 heavy (non-hydrogen) atoms. The Morgan fingerprint density at radius 2 is 1.91 bits per heavy atom. The maximum absolute atomic E-state index is 10.9. The van der Waals surface area contributed by atoms with Crippen molar-refractivity contribution in [1.82, 2.24) is 4.31 Å². The first-order valence-corrected chi connectivity index (χ1v) is 5.21. The van der Waals surface area contributed by atoms with Crippen LogP contribution in [0.25, 0.3) is 0 Å². The number of carbonyl (C=O) groups excluding carboxylic acids is 1. The van der Waals surface area contributed by atoms with Gasteiger partial charge in [-0.25, -0.2) is 12.7 Å². The Labute approximate surface area is 67.2 Å². The second kappa shape index (κ2) is 3.71. The van der Waals surface area contributed by atoms with E-state index in [1.807, 2.05) is 6.92 Å². The molecule has 0 aliphatic heterocycles. The van der Waals surface area contributed by atoms with Crippen molar-refractivity contribution in [3.8, 4) is 0 Å². The highest BCUT2D eigenvalue weighted by Crippen LogP contribution is 1.99. The first-order chi connectivity index (χ1) is 4.89. The van der Waals surface area contributed by atoms with Crippen LogP contribution in [0.4, 0.5) is 0 Å². The van der Waals surface area contributed by atoms with Crippen molar-refractivity contribution in [2.75, 3.05) is 13.3 Å². The second-order valence-corrected chi connectivity index (χ2v) is 4.39. The lowest BCUT2D eigenvalue weighted by molar-refractivity contribution is -0.125. The van der Waals surface area contributed by atoms with Crippen LogP contribution in [0.1, 0.15) is 19.8 Å². The summed E-state index contributed by atoms with van der Waals surface area (Å²) < 4.78 is 22.3. The first-order valence-electron chi connectivity index (χ1n) is 3.36. The van der Waals surface area contributed by atoms with Crippen LogP contribution in [-0.2, 0) is 14.8 Å². The summed E-state index contributed by atoms with van der Waals surface area (Å²) in [7, 11) is -2.07. The van der Waals surface area contributed by atoms with Gasteiger partial charge in [0.1, 0.15) is 0 Å². The van der Waals surface area contributed by atoms with Gasteiger partial charge in [-0.1, -0.05) is 6.92 Å². The number of hydrogen-bond acceptors (Lipinski definition) is 3. The molecule has 0 radical (unpaired) electrons. The molecule has 0 rings (SSSR count). The summed E-state index contributed by atoms with van der Waals surface area (Å²) in [6.07, 6.45) is 1.96. The van der Waals surface area contributed by atoms with E-state index in [0.717, 1.165) is 10.6 Å². The smallest absolute Gasteiger partial charge is 0.235 e. The van der Waals surface area contributed by atoms with Gasteiger partial charge in [0, 0.05) is 13.5 Å². The average Bonchev–Trinajstić information content (AvgIpc) is 1.85. The minimum atomic E-state index is -3.34. The third-order valence-corrected chi connectivity index (χ3v) is 2.51. The quantitative estimate of drug-likeness (QED) is 0.622. The van der Waals surface area contributed by atoms with E-state index < -0.39 is 10.0 Å². The van der Waals surface area contributed by atoms with Crippen LogP contribution in [0.15, 0.2) is 0 Å². The predicted octanol–water partition coefficient (Wildman–Crippen LogP) is 0.205. The van der Waals surface area contributed by atoms with Gasteiger partial charge in [-0.05, 0) is 6.42 Å². The molecule has 0 aliphatic rings. The van der Waals surface area contributed by atoms with Crippen molar-refractivity contribution < 1.29 is 13.2 Å². The molecule has 5 heteroatoms. The fourth-order valence-corrected chi connectivity index (χ4v) is 1.02. The molecule has 0 N–H and O–H groups in total. The molecule has 0 atom stereocenters. The minimum absolute atomic E-state index is 0.281. The summed E-state index contributed by atoms with van der Waals surface area (Å²) in [5.74, 6) is -0.352. The normalized spacial score (nSPS) is 11.2. The molecule has 0 aromatic rings. The molecular weight excluding hydrogens is 166 g/mol. The lowest BCUT2D eigenvalue weighted by Gasteiger charge is -2.13. The fraction of sp³-hybridized carbons (Fsp3) is 0.833. The zero-order chi connectivity index (χ0) is 9.07. The van der Waals surface area contributed by atoms with Crippen LogP contribution in [0.3, 0.4) is 0 Å². The number of carbonyl (C=O) groups is 1. The molecule has 0 bridgehead atoms. The Morgan fingerprint density at radius 3 is 2.18 bits per heavy atom.